The van der Waals surface area contributed by atoms with Crippen LogP contribution in [0.5, 0.6) is 0 Å². The summed E-state index contributed by atoms with van der Waals surface area (Å²) in [6, 6.07) is 5.92. The third-order valence-electron chi connectivity index (χ3n) is 3.18. The van der Waals surface area contributed by atoms with Crippen LogP contribution in [0.2, 0.25) is 5.02 Å². The van der Waals surface area contributed by atoms with Gasteiger partial charge in [-0.1, -0.05) is 11.6 Å². The maximum Gasteiger partial charge on any atom is 0.267 e. The lowest BCUT2D eigenvalue weighted by atomic mass is 10.1. The van der Waals surface area contributed by atoms with Gasteiger partial charge in [-0.15, -0.1) is 11.3 Å². The number of fused-ring (bicyclic) bond motifs is 1. The predicted octanol–water partition coefficient (Wildman–Crippen LogP) is 3.93. The van der Waals surface area contributed by atoms with Gasteiger partial charge in [0.15, 0.2) is 0 Å². The maximum absolute atomic E-state index is 12.1. The largest absolute Gasteiger partial charge is 0.384 e. The Morgan fingerprint density at radius 1 is 1.47 bits per heavy atom. The number of benzene rings is 1. The summed E-state index contributed by atoms with van der Waals surface area (Å²) in [4.78, 5) is 12.7. The highest BCUT2D eigenvalue weighted by molar-refractivity contribution is 7.13. The highest BCUT2D eigenvalue weighted by atomic mass is 35.5. The highest BCUT2D eigenvalue weighted by Gasteiger charge is 2.16. The van der Waals surface area contributed by atoms with Crippen LogP contribution in [0, 0.1) is 6.92 Å². The first-order valence-electron chi connectivity index (χ1n) is 6.07. The number of hydrogen-bond donors (Lipinski definition) is 2. The predicted molar refractivity (Wildman–Crippen MR) is 80.7 cm³/mol. The van der Waals surface area contributed by atoms with E-state index in [9.17, 15) is 4.79 Å². The van der Waals surface area contributed by atoms with Crippen molar-refractivity contribution in [2.24, 2.45) is 0 Å². The fraction of sp³-hybridized carbons (Fsp3) is 0.214. The lowest BCUT2D eigenvalue weighted by Gasteiger charge is -2.06. The molecule has 3 rings (SSSR count). The molecular formula is C14H13ClN2OS. The molecule has 1 aliphatic rings. The Kier molecular flexibility index (Phi) is 3.21. The fourth-order valence-electron chi connectivity index (χ4n) is 2.15. The van der Waals surface area contributed by atoms with Gasteiger partial charge >= 0.3 is 0 Å². The zero-order valence-corrected chi connectivity index (χ0v) is 12.0. The van der Waals surface area contributed by atoms with E-state index in [0.29, 0.717) is 9.90 Å². The number of carbonyl (C=O) groups excluding carboxylic acids is 1. The van der Waals surface area contributed by atoms with E-state index in [2.05, 4.69) is 10.6 Å². The molecule has 0 unspecified atom stereocenters. The minimum atomic E-state index is -0.144. The minimum Gasteiger partial charge on any atom is -0.384 e. The number of anilines is 2. The molecule has 0 radical (unpaired) electrons. The first-order valence-corrected chi connectivity index (χ1v) is 7.32. The Bertz CT molecular complexity index is 651. The van der Waals surface area contributed by atoms with E-state index < -0.39 is 0 Å². The third kappa shape index (κ3) is 2.33. The van der Waals surface area contributed by atoms with Crippen molar-refractivity contribution in [3.63, 3.8) is 0 Å². The Balaban J connectivity index is 1.82. The molecule has 0 aliphatic carbocycles. The second kappa shape index (κ2) is 4.87. The van der Waals surface area contributed by atoms with Gasteiger partial charge in [0.1, 0.15) is 4.88 Å². The van der Waals surface area contributed by atoms with E-state index >= 15 is 0 Å². The second-order valence-electron chi connectivity index (χ2n) is 4.56. The summed E-state index contributed by atoms with van der Waals surface area (Å²) in [6.45, 7) is 2.86. The Morgan fingerprint density at radius 3 is 3.05 bits per heavy atom. The van der Waals surface area contributed by atoms with Crippen molar-refractivity contribution in [1.82, 2.24) is 0 Å². The number of thiophene rings is 1. The van der Waals surface area contributed by atoms with Gasteiger partial charge in [-0.05, 0) is 48.1 Å². The summed E-state index contributed by atoms with van der Waals surface area (Å²) >= 11 is 7.48. The van der Waals surface area contributed by atoms with Crippen LogP contribution in [0.25, 0.3) is 0 Å². The molecule has 0 saturated heterocycles. The molecule has 2 aromatic rings. The van der Waals surface area contributed by atoms with Crippen molar-refractivity contribution in [2.75, 3.05) is 17.2 Å². The van der Waals surface area contributed by atoms with E-state index in [1.54, 1.807) is 0 Å². The minimum absolute atomic E-state index is 0.144. The molecule has 0 bridgehead atoms. The number of nitrogens with one attached hydrogen (secondary N) is 2. The Labute approximate surface area is 120 Å². The summed E-state index contributed by atoms with van der Waals surface area (Å²) in [5.41, 5.74) is 4.15. The summed E-state index contributed by atoms with van der Waals surface area (Å²) in [6.07, 6.45) is 0.998. The van der Waals surface area contributed by atoms with Crippen molar-refractivity contribution < 1.29 is 4.79 Å². The van der Waals surface area contributed by atoms with Crippen LogP contribution in [0.1, 0.15) is 20.8 Å². The van der Waals surface area contributed by atoms with Crippen molar-refractivity contribution in [3.05, 3.63) is 44.6 Å². The lowest BCUT2D eigenvalue weighted by Crippen LogP contribution is -2.10. The van der Waals surface area contributed by atoms with E-state index in [1.165, 1.54) is 16.9 Å². The number of carbonyl (C=O) groups is 1. The average molecular weight is 293 g/mol. The number of aryl methyl sites for hydroxylation is 1. The van der Waals surface area contributed by atoms with Gasteiger partial charge in [-0.25, -0.2) is 0 Å². The van der Waals surface area contributed by atoms with Crippen LogP contribution in [0.3, 0.4) is 0 Å². The molecule has 19 heavy (non-hydrogen) atoms. The van der Waals surface area contributed by atoms with E-state index in [4.69, 9.17) is 11.6 Å². The van der Waals surface area contributed by atoms with Crippen LogP contribution >= 0.6 is 22.9 Å². The molecule has 0 saturated carbocycles. The van der Waals surface area contributed by atoms with Crippen molar-refractivity contribution in [3.8, 4) is 0 Å². The Hall–Kier alpha value is -1.52. The van der Waals surface area contributed by atoms with Crippen LogP contribution in [0.4, 0.5) is 11.4 Å². The lowest BCUT2D eigenvalue weighted by molar-refractivity contribution is 0.103. The van der Waals surface area contributed by atoms with Gasteiger partial charge in [0.05, 0.1) is 5.02 Å². The fourth-order valence-corrected chi connectivity index (χ4v) is 3.33. The summed E-state index contributed by atoms with van der Waals surface area (Å²) in [5, 5.41) is 8.63. The van der Waals surface area contributed by atoms with Gasteiger partial charge in [-0.3, -0.25) is 4.79 Å². The zero-order valence-electron chi connectivity index (χ0n) is 10.4. The van der Waals surface area contributed by atoms with Gasteiger partial charge in [0.25, 0.3) is 5.91 Å². The average Bonchev–Trinajstić information content (AvgIpc) is 2.97. The SMILES string of the molecule is Cc1csc(C(=O)Nc2ccc3c(c2)CCN3)c1Cl. The van der Waals surface area contributed by atoms with Crippen LogP contribution in [0.15, 0.2) is 23.6 Å². The number of hydrogen-bond acceptors (Lipinski definition) is 3. The molecule has 2 heterocycles. The Morgan fingerprint density at radius 2 is 2.32 bits per heavy atom. The van der Waals surface area contributed by atoms with Crippen molar-refractivity contribution in [1.29, 1.82) is 0 Å². The molecule has 98 valence electrons. The molecule has 1 aliphatic heterocycles. The topological polar surface area (TPSA) is 41.1 Å². The van der Waals surface area contributed by atoms with Crippen molar-refractivity contribution >= 4 is 40.2 Å². The molecule has 5 heteroatoms. The molecule has 1 amide bonds. The monoisotopic (exact) mass is 292 g/mol. The molecule has 1 aromatic heterocycles. The first-order chi connectivity index (χ1) is 9.15. The van der Waals surface area contributed by atoms with Gasteiger partial charge in [-0.2, -0.15) is 0 Å². The van der Waals surface area contributed by atoms with Gasteiger partial charge in [0, 0.05) is 17.9 Å². The molecule has 0 atom stereocenters. The molecule has 0 fully saturated rings. The van der Waals surface area contributed by atoms with E-state index in [1.807, 2.05) is 30.5 Å². The van der Waals surface area contributed by atoms with Crippen LogP contribution in [-0.2, 0) is 6.42 Å². The molecule has 2 N–H and O–H groups in total. The van der Waals surface area contributed by atoms with Gasteiger partial charge in [0.2, 0.25) is 0 Å². The smallest absolute Gasteiger partial charge is 0.267 e. The maximum atomic E-state index is 12.1. The summed E-state index contributed by atoms with van der Waals surface area (Å²) < 4.78 is 0. The first kappa shape index (κ1) is 12.5. The molecule has 1 aromatic carbocycles. The third-order valence-corrected chi connectivity index (χ3v) is 4.87. The van der Waals surface area contributed by atoms with Gasteiger partial charge < -0.3 is 10.6 Å². The standard InChI is InChI=1S/C14H13ClN2OS/c1-8-7-19-13(12(8)15)14(18)17-10-2-3-11-9(6-10)4-5-16-11/h2-3,6-7,16H,4-5H2,1H3,(H,17,18). The van der Waals surface area contributed by atoms with E-state index in [-0.39, 0.29) is 5.91 Å². The second-order valence-corrected chi connectivity index (χ2v) is 5.82. The van der Waals surface area contributed by atoms with Crippen LogP contribution < -0.4 is 10.6 Å². The molecular weight excluding hydrogens is 280 g/mol. The zero-order chi connectivity index (χ0) is 13.4. The van der Waals surface area contributed by atoms with Crippen molar-refractivity contribution in [2.45, 2.75) is 13.3 Å². The summed E-state index contributed by atoms with van der Waals surface area (Å²) in [7, 11) is 0. The quantitative estimate of drug-likeness (QED) is 0.880. The normalized spacial score (nSPS) is 12.9. The molecule has 0 spiro atoms. The number of halogens is 1. The summed E-state index contributed by atoms with van der Waals surface area (Å²) in [5.74, 6) is -0.144. The number of amides is 1. The highest BCUT2D eigenvalue weighted by Crippen LogP contribution is 2.29. The number of rotatable bonds is 2. The van der Waals surface area contributed by atoms with E-state index in [0.717, 1.165) is 29.9 Å². The molecule has 3 nitrogen and oxygen atoms in total. The van der Waals surface area contributed by atoms with Crippen LogP contribution in [-0.4, -0.2) is 12.5 Å².